The highest BCUT2D eigenvalue weighted by molar-refractivity contribution is 5.98. The van der Waals surface area contributed by atoms with Crippen LogP contribution in [0.1, 0.15) is 33.8 Å². The van der Waals surface area contributed by atoms with E-state index in [1.54, 1.807) is 53.3 Å². The van der Waals surface area contributed by atoms with Gasteiger partial charge in [-0.2, -0.15) is 0 Å². The van der Waals surface area contributed by atoms with Gasteiger partial charge in [-0.15, -0.1) is 0 Å². The van der Waals surface area contributed by atoms with E-state index in [2.05, 4.69) is 5.32 Å². The Morgan fingerprint density at radius 3 is 2.45 bits per heavy atom. The molecule has 33 heavy (non-hydrogen) atoms. The first kappa shape index (κ1) is 22.8. The zero-order valence-corrected chi connectivity index (χ0v) is 18.7. The molecular weight excluding hydrogens is 426 g/mol. The fourth-order valence-corrected chi connectivity index (χ4v) is 4.34. The fraction of sp³-hybridized carbons (Fsp3) is 0.458. The van der Waals surface area contributed by atoms with Crippen molar-refractivity contribution in [2.24, 2.45) is 5.92 Å². The van der Waals surface area contributed by atoms with Crippen LogP contribution in [0.15, 0.2) is 47.1 Å². The topological polar surface area (TPSA) is 101 Å². The number of carbonyl (C=O) groups excluding carboxylic acids is 3. The van der Waals surface area contributed by atoms with Gasteiger partial charge in [0.1, 0.15) is 11.8 Å². The Balaban J connectivity index is 1.47. The molecule has 176 valence electrons. The van der Waals surface area contributed by atoms with Crippen molar-refractivity contribution >= 4 is 17.7 Å². The summed E-state index contributed by atoms with van der Waals surface area (Å²) >= 11 is 0. The standard InChI is InChI=1S/C24H29N3O6/c1-31-19-5-2-4-18(16-19)22(28)25-21(24(30)27-11-14-32-15-12-27)17-7-9-26(10-8-17)23(29)20-6-3-13-33-20/h2-6,13,16-17,21H,7-12,14-15H2,1H3,(H,25,28)/t21-/m0/s1. The number of likely N-dealkylation sites (tertiary alicyclic amines) is 1. The Morgan fingerprint density at radius 1 is 1.03 bits per heavy atom. The number of piperidine rings is 1. The molecule has 1 atom stereocenters. The number of rotatable bonds is 6. The Bertz CT molecular complexity index is 962. The van der Waals surface area contributed by atoms with E-state index in [1.165, 1.54) is 6.26 Å². The molecule has 3 heterocycles. The van der Waals surface area contributed by atoms with Crippen LogP contribution in [0.4, 0.5) is 0 Å². The fourth-order valence-electron chi connectivity index (χ4n) is 4.34. The molecule has 2 aromatic rings. The van der Waals surface area contributed by atoms with E-state index >= 15 is 0 Å². The molecule has 1 aromatic carbocycles. The SMILES string of the molecule is COc1cccc(C(=O)N[C@H](C(=O)N2CCOCC2)C2CCN(C(=O)c3ccco3)CC2)c1. The number of amides is 3. The zero-order valence-electron chi connectivity index (χ0n) is 18.7. The molecule has 4 rings (SSSR count). The minimum Gasteiger partial charge on any atom is -0.497 e. The molecule has 3 amide bonds. The number of nitrogens with one attached hydrogen (secondary N) is 1. The first-order chi connectivity index (χ1) is 16.1. The summed E-state index contributed by atoms with van der Waals surface area (Å²) in [6.45, 7) is 2.95. The lowest BCUT2D eigenvalue weighted by atomic mass is 9.88. The smallest absolute Gasteiger partial charge is 0.289 e. The molecule has 0 radical (unpaired) electrons. The van der Waals surface area contributed by atoms with Gasteiger partial charge in [-0.3, -0.25) is 14.4 Å². The number of nitrogens with zero attached hydrogens (tertiary/aromatic N) is 2. The summed E-state index contributed by atoms with van der Waals surface area (Å²) in [4.78, 5) is 42.6. The summed E-state index contributed by atoms with van der Waals surface area (Å²) in [5, 5.41) is 2.97. The maximum Gasteiger partial charge on any atom is 0.289 e. The highest BCUT2D eigenvalue weighted by atomic mass is 16.5. The summed E-state index contributed by atoms with van der Waals surface area (Å²) in [5.41, 5.74) is 0.430. The van der Waals surface area contributed by atoms with Gasteiger partial charge in [0.25, 0.3) is 11.8 Å². The molecule has 0 aliphatic carbocycles. The van der Waals surface area contributed by atoms with Crippen LogP contribution in [0.25, 0.3) is 0 Å². The van der Waals surface area contributed by atoms with Crippen molar-refractivity contribution in [1.29, 1.82) is 0 Å². The molecule has 0 unspecified atom stereocenters. The van der Waals surface area contributed by atoms with Gasteiger partial charge in [0.2, 0.25) is 5.91 Å². The van der Waals surface area contributed by atoms with E-state index in [0.29, 0.717) is 69.3 Å². The van der Waals surface area contributed by atoms with Crippen LogP contribution < -0.4 is 10.1 Å². The molecule has 0 saturated carbocycles. The molecule has 2 aliphatic rings. The van der Waals surface area contributed by atoms with Crippen LogP contribution in [-0.4, -0.2) is 80.1 Å². The van der Waals surface area contributed by atoms with Gasteiger partial charge in [0.15, 0.2) is 5.76 Å². The van der Waals surface area contributed by atoms with E-state index in [0.717, 1.165) is 0 Å². The summed E-state index contributed by atoms with van der Waals surface area (Å²) in [7, 11) is 1.54. The molecule has 2 saturated heterocycles. The number of benzene rings is 1. The maximum atomic E-state index is 13.4. The molecular formula is C24H29N3O6. The van der Waals surface area contributed by atoms with E-state index < -0.39 is 6.04 Å². The van der Waals surface area contributed by atoms with E-state index in [1.807, 2.05) is 0 Å². The second kappa shape index (κ2) is 10.5. The van der Waals surface area contributed by atoms with Gasteiger partial charge in [-0.25, -0.2) is 0 Å². The molecule has 0 bridgehead atoms. The molecule has 9 nitrogen and oxygen atoms in total. The summed E-state index contributed by atoms with van der Waals surface area (Å²) in [6.07, 6.45) is 2.68. The summed E-state index contributed by atoms with van der Waals surface area (Å²) < 4.78 is 15.8. The molecule has 2 fully saturated rings. The lowest BCUT2D eigenvalue weighted by molar-refractivity contribution is -0.139. The molecule has 9 heteroatoms. The van der Waals surface area contributed by atoms with Crippen LogP contribution in [0.2, 0.25) is 0 Å². The predicted octanol–water partition coefficient (Wildman–Crippen LogP) is 1.80. The normalized spacial score (nSPS) is 18.0. The first-order valence-electron chi connectivity index (χ1n) is 11.2. The van der Waals surface area contributed by atoms with Crippen LogP contribution in [0.5, 0.6) is 5.75 Å². The summed E-state index contributed by atoms with van der Waals surface area (Å²) in [5.74, 6) is 0.203. The quantitative estimate of drug-likeness (QED) is 0.713. The summed E-state index contributed by atoms with van der Waals surface area (Å²) in [6, 6.07) is 9.50. The molecule has 2 aliphatic heterocycles. The van der Waals surface area contributed by atoms with Crippen molar-refractivity contribution in [2.45, 2.75) is 18.9 Å². The van der Waals surface area contributed by atoms with Crippen LogP contribution in [0, 0.1) is 5.92 Å². The second-order valence-corrected chi connectivity index (χ2v) is 8.23. The third kappa shape index (κ3) is 5.36. The van der Waals surface area contributed by atoms with E-state index in [-0.39, 0.29) is 23.6 Å². The van der Waals surface area contributed by atoms with Gasteiger partial charge in [0, 0.05) is 31.7 Å². The van der Waals surface area contributed by atoms with Gasteiger partial charge in [-0.05, 0) is 49.1 Å². The largest absolute Gasteiger partial charge is 0.497 e. The Morgan fingerprint density at radius 2 is 1.79 bits per heavy atom. The second-order valence-electron chi connectivity index (χ2n) is 8.23. The Hall–Kier alpha value is -3.33. The number of hydrogen-bond donors (Lipinski definition) is 1. The van der Waals surface area contributed by atoms with Crippen molar-refractivity contribution in [1.82, 2.24) is 15.1 Å². The van der Waals surface area contributed by atoms with Gasteiger partial charge >= 0.3 is 0 Å². The monoisotopic (exact) mass is 455 g/mol. The zero-order chi connectivity index (χ0) is 23.2. The van der Waals surface area contributed by atoms with Crippen molar-refractivity contribution in [3.8, 4) is 5.75 Å². The maximum absolute atomic E-state index is 13.4. The number of morpholine rings is 1. The first-order valence-corrected chi connectivity index (χ1v) is 11.2. The van der Waals surface area contributed by atoms with Gasteiger partial charge in [-0.1, -0.05) is 6.07 Å². The van der Waals surface area contributed by atoms with Crippen LogP contribution in [0.3, 0.4) is 0 Å². The lowest BCUT2D eigenvalue weighted by Gasteiger charge is -2.38. The highest BCUT2D eigenvalue weighted by Gasteiger charge is 2.37. The number of furan rings is 1. The Labute approximate surface area is 192 Å². The number of ether oxygens (including phenoxy) is 2. The van der Waals surface area contributed by atoms with Crippen molar-refractivity contribution in [3.05, 3.63) is 54.0 Å². The predicted molar refractivity (Wildman–Crippen MR) is 119 cm³/mol. The van der Waals surface area contributed by atoms with Gasteiger partial charge < -0.3 is 29.0 Å². The minimum atomic E-state index is -0.678. The van der Waals surface area contributed by atoms with Crippen molar-refractivity contribution in [3.63, 3.8) is 0 Å². The minimum absolute atomic E-state index is 0.0875. The molecule has 0 spiro atoms. The number of hydrogen-bond acceptors (Lipinski definition) is 6. The Kier molecular flexibility index (Phi) is 7.29. The number of methoxy groups -OCH3 is 1. The van der Waals surface area contributed by atoms with Crippen molar-refractivity contribution < 1.29 is 28.3 Å². The molecule has 1 N–H and O–H groups in total. The average molecular weight is 456 g/mol. The number of carbonyl (C=O) groups is 3. The molecule has 1 aromatic heterocycles. The third-order valence-corrected chi connectivity index (χ3v) is 6.24. The van der Waals surface area contributed by atoms with Gasteiger partial charge in [0.05, 0.1) is 26.6 Å². The van der Waals surface area contributed by atoms with Crippen molar-refractivity contribution in [2.75, 3.05) is 46.5 Å². The highest BCUT2D eigenvalue weighted by Crippen LogP contribution is 2.24. The van der Waals surface area contributed by atoms with Crippen LogP contribution in [-0.2, 0) is 9.53 Å². The van der Waals surface area contributed by atoms with E-state index in [4.69, 9.17) is 13.9 Å². The average Bonchev–Trinajstić information content (AvgIpc) is 3.42. The lowest BCUT2D eigenvalue weighted by Crippen LogP contribution is -2.56. The van der Waals surface area contributed by atoms with E-state index in [9.17, 15) is 14.4 Å². The third-order valence-electron chi connectivity index (χ3n) is 6.24. The van der Waals surface area contributed by atoms with Crippen LogP contribution >= 0.6 is 0 Å².